The lowest BCUT2D eigenvalue weighted by atomic mass is 10.1. The summed E-state index contributed by atoms with van der Waals surface area (Å²) in [5.41, 5.74) is 0.716. The summed E-state index contributed by atoms with van der Waals surface area (Å²) < 4.78 is 0. The first kappa shape index (κ1) is 15.3. The third-order valence-electron chi connectivity index (χ3n) is 2.74. The fraction of sp³-hybridized carbons (Fsp3) is 0.0714. The Balaban J connectivity index is 2.15. The van der Waals surface area contributed by atoms with Gasteiger partial charge in [0.25, 0.3) is 5.69 Å². The maximum absolute atomic E-state index is 12.0. The second-order valence-electron chi connectivity index (χ2n) is 4.24. The van der Waals surface area contributed by atoms with Crippen LogP contribution in [0.1, 0.15) is 5.56 Å². The van der Waals surface area contributed by atoms with Gasteiger partial charge < -0.3 is 5.32 Å². The predicted molar refractivity (Wildman–Crippen MR) is 81.9 cm³/mol. The summed E-state index contributed by atoms with van der Waals surface area (Å²) in [5, 5.41) is 14.0. The molecule has 0 aliphatic rings. The Labute approximate surface area is 130 Å². The zero-order chi connectivity index (χ0) is 15.4. The highest BCUT2D eigenvalue weighted by molar-refractivity contribution is 6.34. The first-order valence-electron chi connectivity index (χ1n) is 5.94. The minimum absolute atomic E-state index is 0.0543. The second-order valence-corrected chi connectivity index (χ2v) is 5.05. The number of nitrogens with one attached hydrogen (secondary N) is 1. The molecule has 5 nitrogen and oxygen atoms in total. The average molecular weight is 325 g/mol. The molecule has 0 fully saturated rings. The number of halogens is 2. The van der Waals surface area contributed by atoms with Crippen molar-refractivity contribution in [2.24, 2.45) is 0 Å². The largest absolute Gasteiger partial charge is 0.324 e. The zero-order valence-electron chi connectivity index (χ0n) is 10.7. The molecule has 2 aromatic carbocycles. The highest BCUT2D eigenvalue weighted by Crippen LogP contribution is 2.27. The Morgan fingerprint density at radius 2 is 1.86 bits per heavy atom. The summed E-state index contributed by atoms with van der Waals surface area (Å²) in [7, 11) is 0. The number of carbonyl (C=O) groups is 1. The van der Waals surface area contributed by atoms with E-state index >= 15 is 0 Å². The predicted octanol–water partition coefficient (Wildman–Crippen LogP) is 4.08. The lowest BCUT2D eigenvalue weighted by molar-refractivity contribution is -0.384. The van der Waals surface area contributed by atoms with E-state index in [1.165, 1.54) is 18.2 Å². The minimum Gasteiger partial charge on any atom is -0.324 e. The molecule has 0 aliphatic heterocycles. The van der Waals surface area contributed by atoms with Crippen molar-refractivity contribution in [1.29, 1.82) is 0 Å². The van der Waals surface area contributed by atoms with Crippen LogP contribution in [0.2, 0.25) is 10.0 Å². The molecule has 0 atom stereocenters. The van der Waals surface area contributed by atoms with Crippen LogP contribution < -0.4 is 5.32 Å². The number of benzene rings is 2. The van der Waals surface area contributed by atoms with Crippen LogP contribution >= 0.6 is 23.2 Å². The summed E-state index contributed by atoms with van der Waals surface area (Å²) in [5.74, 6) is -0.356. The fourth-order valence-corrected chi connectivity index (χ4v) is 2.10. The summed E-state index contributed by atoms with van der Waals surface area (Å²) in [4.78, 5) is 22.1. The highest BCUT2D eigenvalue weighted by Gasteiger charge is 2.13. The molecule has 1 N–H and O–H groups in total. The smallest absolute Gasteiger partial charge is 0.271 e. The number of amides is 1. The van der Waals surface area contributed by atoms with E-state index in [2.05, 4.69) is 5.32 Å². The quantitative estimate of drug-likeness (QED) is 0.680. The first-order valence-corrected chi connectivity index (χ1v) is 6.70. The molecule has 0 heterocycles. The average Bonchev–Trinajstić information content (AvgIpc) is 2.43. The van der Waals surface area contributed by atoms with Gasteiger partial charge in [-0.3, -0.25) is 14.9 Å². The summed E-state index contributed by atoms with van der Waals surface area (Å²) in [6.07, 6.45) is 0.0543. The third kappa shape index (κ3) is 3.93. The van der Waals surface area contributed by atoms with Gasteiger partial charge in [-0.05, 0) is 17.7 Å². The minimum atomic E-state index is -0.556. The zero-order valence-corrected chi connectivity index (χ0v) is 12.2. The van der Waals surface area contributed by atoms with Crippen molar-refractivity contribution in [2.45, 2.75) is 6.42 Å². The van der Waals surface area contributed by atoms with E-state index in [0.717, 1.165) is 0 Å². The summed E-state index contributed by atoms with van der Waals surface area (Å²) in [6.45, 7) is 0. The van der Waals surface area contributed by atoms with E-state index in [1.807, 2.05) is 0 Å². The van der Waals surface area contributed by atoms with Crippen molar-refractivity contribution in [3.8, 4) is 0 Å². The number of hydrogen-bond acceptors (Lipinski definition) is 3. The number of anilines is 1. The number of hydrogen-bond donors (Lipinski definition) is 1. The highest BCUT2D eigenvalue weighted by atomic mass is 35.5. The molecule has 0 aliphatic carbocycles. The number of nitro groups is 1. The van der Waals surface area contributed by atoms with Gasteiger partial charge in [-0.1, -0.05) is 41.4 Å². The number of nitrogens with zero attached hydrogens (tertiary/aromatic N) is 1. The Bertz CT molecular complexity index is 704. The van der Waals surface area contributed by atoms with Crippen LogP contribution in [0.15, 0.2) is 42.5 Å². The van der Waals surface area contributed by atoms with Gasteiger partial charge in [0.05, 0.1) is 22.1 Å². The van der Waals surface area contributed by atoms with Crippen LogP contribution in [0.3, 0.4) is 0 Å². The Morgan fingerprint density at radius 3 is 2.52 bits per heavy atom. The molecule has 0 aromatic heterocycles. The Kier molecular flexibility index (Phi) is 4.77. The van der Waals surface area contributed by atoms with Crippen LogP contribution in [-0.4, -0.2) is 10.8 Å². The van der Waals surface area contributed by atoms with Gasteiger partial charge in [0, 0.05) is 17.2 Å². The number of rotatable bonds is 4. The number of non-ortho nitro benzene ring substituents is 1. The van der Waals surface area contributed by atoms with Gasteiger partial charge in [-0.2, -0.15) is 0 Å². The van der Waals surface area contributed by atoms with Crippen molar-refractivity contribution >= 4 is 40.5 Å². The SMILES string of the molecule is O=C(Cc1ccccc1Cl)Nc1cc([N+](=O)[O-])ccc1Cl. The van der Waals surface area contributed by atoms with E-state index < -0.39 is 4.92 Å². The molecule has 0 saturated carbocycles. The lowest BCUT2D eigenvalue weighted by Crippen LogP contribution is -2.15. The molecule has 108 valence electrons. The van der Waals surface area contributed by atoms with Crippen molar-refractivity contribution in [2.75, 3.05) is 5.32 Å². The normalized spacial score (nSPS) is 10.2. The van der Waals surface area contributed by atoms with Gasteiger partial charge in [-0.15, -0.1) is 0 Å². The van der Waals surface area contributed by atoms with E-state index in [0.29, 0.717) is 10.6 Å². The van der Waals surface area contributed by atoms with E-state index in [1.54, 1.807) is 24.3 Å². The lowest BCUT2D eigenvalue weighted by Gasteiger charge is -2.08. The molecule has 0 radical (unpaired) electrons. The van der Waals surface area contributed by atoms with Crippen molar-refractivity contribution in [1.82, 2.24) is 0 Å². The van der Waals surface area contributed by atoms with Gasteiger partial charge in [0.15, 0.2) is 0 Å². The first-order chi connectivity index (χ1) is 9.97. The van der Waals surface area contributed by atoms with Crippen LogP contribution in [-0.2, 0) is 11.2 Å². The monoisotopic (exact) mass is 324 g/mol. The van der Waals surface area contributed by atoms with E-state index in [9.17, 15) is 14.9 Å². The number of carbonyl (C=O) groups excluding carboxylic acids is 1. The maximum atomic E-state index is 12.0. The third-order valence-corrected chi connectivity index (χ3v) is 3.44. The van der Waals surface area contributed by atoms with Crippen molar-refractivity contribution < 1.29 is 9.72 Å². The molecule has 21 heavy (non-hydrogen) atoms. The van der Waals surface area contributed by atoms with Crippen molar-refractivity contribution in [3.63, 3.8) is 0 Å². The Hall–Kier alpha value is -2.11. The van der Waals surface area contributed by atoms with Gasteiger partial charge in [0.2, 0.25) is 5.91 Å². The maximum Gasteiger partial charge on any atom is 0.271 e. The number of nitro benzene ring substituents is 1. The van der Waals surface area contributed by atoms with Crippen molar-refractivity contribution in [3.05, 3.63) is 68.2 Å². The molecule has 0 saturated heterocycles. The van der Waals surface area contributed by atoms with Gasteiger partial charge in [-0.25, -0.2) is 0 Å². The molecule has 0 unspecified atom stereocenters. The molecular formula is C14H10Cl2N2O3. The molecule has 2 rings (SSSR count). The van der Waals surface area contributed by atoms with Crippen LogP contribution in [0.25, 0.3) is 0 Å². The van der Waals surface area contributed by atoms with Crippen LogP contribution in [0.4, 0.5) is 11.4 Å². The van der Waals surface area contributed by atoms with Gasteiger partial charge in [0.1, 0.15) is 0 Å². The summed E-state index contributed by atoms with van der Waals surface area (Å²) in [6, 6.07) is 10.8. The second kappa shape index (κ2) is 6.56. The Morgan fingerprint density at radius 1 is 1.14 bits per heavy atom. The van der Waals surface area contributed by atoms with Gasteiger partial charge >= 0.3 is 0 Å². The fourth-order valence-electron chi connectivity index (χ4n) is 1.73. The molecular weight excluding hydrogens is 315 g/mol. The standard InChI is InChI=1S/C14H10Cl2N2O3/c15-11-4-2-1-3-9(11)7-14(19)17-13-8-10(18(20)21)5-6-12(13)16/h1-6,8H,7H2,(H,17,19). The molecule has 7 heteroatoms. The van der Waals surface area contributed by atoms with Crippen LogP contribution in [0.5, 0.6) is 0 Å². The van der Waals surface area contributed by atoms with Crippen LogP contribution in [0, 0.1) is 10.1 Å². The molecule has 2 aromatic rings. The van der Waals surface area contributed by atoms with E-state index in [4.69, 9.17) is 23.2 Å². The molecule has 1 amide bonds. The topological polar surface area (TPSA) is 72.2 Å². The van der Waals surface area contributed by atoms with E-state index in [-0.39, 0.29) is 28.7 Å². The molecule has 0 bridgehead atoms. The molecule has 0 spiro atoms. The summed E-state index contributed by atoms with van der Waals surface area (Å²) >= 11 is 11.9.